The molecule has 4 aromatic carbocycles. The van der Waals surface area contributed by atoms with Crippen LogP contribution in [0.4, 0.5) is 11.5 Å². The molecule has 0 aliphatic rings. The van der Waals surface area contributed by atoms with Crippen molar-refractivity contribution in [1.29, 1.82) is 0 Å². The largest absolute Gasteiger partial charge is 0.280 e. The Morgan fingerprint density at radius 1 is 0.575 bits per heavy atom. The van der Waals surface area contributed by atoms with E-state index in [1.165, 1.54) is 4.68 Å². The molecule has 0 saturated heterocycles. The summed E-state index contributed by atoms with van der Waals surface area (Å²) in [6.45, 7) is 5.75. The molecule has 0 unspecified atom stereocenters. The van der Waals surface area contributed by atoms with E-state index in [0.717, 1.165) is 16.7 Å². The molecular weight excluding hydrogens is 544 g/mol. The van der Waals surface area contributed by atoms with E-state index in [0.29, 0.717) is 22.6 Å². The molecule has 0 spiro atoms. The Morgan fingerprint density at radius 3 is 1.52 bits per heavy atom. The summed E-state index contributed by atoms with van der Waals surface area (Å²) in [5, 5.41) is 4.68. The van der Waals surface area contributed by atoms with Gasteiger partial charge in [0.05, 0.1) is 21.2 Å². The third kappa shape index (κ3) is 5.93. The number of anilines is 2. The van der Waals surface area contributed by atoms with Gasteiger partial charge in [-0.05, 0) is 69.3 Å². The fourth-order valence-electron chi connectivity index (χ4n) is 4.03. The van der Waals surface area contributed by atoms with Crippen LogP contribution in [0.3, 0.4) is 0 Å². The summed E-state index contributed by atoms with van der Waals surface area (Å²) in [7, 11) is -7.63. The maximum atomic E-state index is 13.2. The quantitative estimate of drug-likeness (QED) is 0.235. The highest BCUT2D eigenvalue weighted by molar-refractivity contribution is 7.93. The molecule has 5 rings (SSSR count). The molecule has 40 heavy (non-hydrogen) atoms. The van der Waals surface area contributed by atoms with E-state index in [1.54, 1.807) is 78.9 Å². The number of hydrogen-bond acceptors (Lipinski definition) is 5. The topological polar surface area (TPSA) is 110 Å². The maximum absolute atomic E-state index is 13.2. The van der Waals surface area contributed by atoms with E-state index >= 15 is 0 Å². The van der Waals surface area contributed by atoms with Crippen LogP contribution in [0.1, 0.15) is 16.7 Å². The highest BCUT2D eigenvalue weighted by Gasteiger charge is 2.20. The number of nitrogens with one attached hydrogen (secondary N) is 2. The number of aryl methyl sites for hydroxylation is 3. The Kier molecular flexibility index (Phi) is 7.22. The van der Waals surface area contributed by atoms with Crippen LogP contribution < -0.4 is 9.44 Å². The second-order valence-corrected chi connectivity index (χ2v) is 12.9. The number of aromatic nitrogens is 2. The van der Waals surface area contributed by atoms with E-state index < -0.39 is 20.0 Å². The van der Waals surface area contributed by atoms with Crippen molar-refractivity contribution in [3.63, 3.8) is 0 Å². The number of rotatable bonds is 8. The lowest BCUT2D eigenvalue weighted by atomic mass is 10.1. The second-order valence-electron chi connectivity index (χ2n) is 9.58. The van der Waals surface area contributed by atoms with Gasteiger partial charge in [-0.1, -0.05) is 65.2 Å². The van der Waals surface area contributed by atoms with Gasteiger partial charge in [-0.15, -0.1) is 0 Å². The molecule has 0 radical (unpaired) electrons. The zero-order valence-electron chi connectivity index (χ0n) is 22.2. The molecule has 0 aliphatic carbocycles. The Morgan fingerprint density at radius 2 is 1.02 bits per heavy atom. The molecule has 0 aliphatic heterocycles. The van der Waals surface area contributed by atoms with Gasteiger partial charge in [0.25, 0.3) is 20.0 Å². The predicted octanol–water partition coefficient (Wildman–Crippen LogP) is 6.07. The summed E-state index contributed by atoms with van der Waals surface area (Å²) in [4.78, 5) is 0.311. The molecule has 0 fully saturated rings. The van der Waals surface area contributed by atoms with E-state index in [4.69, 9.17) is 0 Å². The third-order valence-corrected chi connectivity index (χ3v) is 9.09. The minimum Gasteiger partial charge on any atom is -0.280 e. The van der Waals surface area contributed by atoms with Crippen molar-refractivity contribution in [2.45, 2.75) is 30.6 Å². The molecule has 204 valence electrons. The summed E-state index contributed by atoms with van der Waals surface area (Å²) in [6.07, 6.45) is 0. The van der Waals surface area contributed by atoms with Gasteiger partial charge in [-0.3, -0.25) is 9.44 Å². The van der Waals surface area contributed by atoms with Gasteiger partial charge >= 0.3 is 0 Å². The SMILES string of the molecule is Cc1ccc(-n2nc(-c3ccc(NS(=O)(=O)c4ccc(C)cc4)cc3)cc2NS(=O)(=O)c2ccc(C)cc2)cc1. The molecule has 10 heteroatoms. The van der Waals surface area contributed by atoms with Crippen LogP contribution in [0.5, 0.6) is 0 Å². The van der Waals surface area contributed by atoms with Crippen molar-refractivity contribution in [1.82, 2.24) is 9.78 Å². The first-order valence-electron chi connectivity index (χ1n) is 12.5. The molecule has 5 aromatic rings. The molecule has 2 N–H and O–H groups in total. The number of nitrogens with zero attached hydrogens (tertiary/aromatic N) is 2. The summed E-state index contributed by atoms with van der Waals surface area (Å²) >= 11 is 0. The van der Waals surface area contributed by atoms with Gasteiger partial charge in [0, 0.05) is 17.3 Å². The standard InChI is InChI=1S/C30H28N4O4S2/c1-21-4-14-26(15-5-21)34-30(33-40(37,38)28-18-8-23(3)9-19-28)20-29(31-34)24-10-12-25(13-11-24)32-39(35,36)27-16-6-22(2)7-17-27/h4-20,32-33H,1-3H3. The average Bonchev–Trinajstić information content (AvgIpc) is 3.32. The van der Waals surface area contributed by atoms with Crippen LogP contribution in [0.2, 0.25) is 0 Å². The van der Waals surface area contributed by atoms with E-state index in [1.807, 2.05) is 45.0 Å². The summed E-state index contributed by atoms with van der Waals surface area (Å²) in [5.41, 5.74) is 5.24. The van der Waals surface area contributed by atoms with Crippen LogP contribution in [0.15, 0.2) is 113 Å². The Balaban J connectivity index is 1.46. The lowest BCUT2D eigenvalue weighted by molar-refractivity contribution is 0.599. The molecular formula is C30H28N4O4S2. The first-order valence-corrected chi connectivity index (χ1v) is 15.4. The first-order chi connectivity index (χ1) is 19.0. The predicted molar refractivity (Wildman–Crippen MR) is 158 cm³/mol. The van der Waals surface area contributed by atoms with Crippen molar-refractivity contribution >= 4 is 31.6 Å². The Hall–Kier alpha value is -4.41. The van der Waals surface area contributed by atoms with Crippen LogP contribution in [0, 0.1) is 20.8 Å². The lowest BCUT2D eigenvalue weighted by Gasteiger charge is -2.11. The molecule has 0 bridgehead atoms. The van der Waals surface area contributed by atoms with Crippen LogP contribution >= 0.6 is 0 Å². The van der Waals surface area contributed by atoms with Gasteiger partial charge in [0.1, 0.15) is 5.82 Å². The van der Waals surface area contributed by atoms with Gasteiger partial charge in [0.15, 0.2) is 0 Å². The normalized spacial score (nSPS) is 11.8. The number of benzene rings is 4. The third-order valence-electron chi connectivity index (χ3n) is 6.32. The first kappa shape index (κ1) is 27.2. The highest BCUT2D eigenvalue weighted by Crippen LogP contribution is 2.28. The van der Waals surface area contributed by atoms with E-state index in [-0.39, 0.29) is 15.6 Å². The Labute approximate surface area is 234 Å². The van der Waals surface area contributed by atoms with Crippen molar-refractivity contribution in [3.05, 3.63) is 120 Å². The fraction of sp³-hybridized carbons (Fsp3) is 0.100. The van der Waals surface area contributed by atoms with Crippen LogP contribution in [0.25, 0.3) is 16.9 Å². The van der Waals surface area contributed by atoms with Crippen molar-refractivity contribution in [3.8, 4) is 16.9 Å². The minimum absolute atomic E-state index is 0.140. The highest BCUT2D eigenvalue weighted by atomic mass is 32.2. The van der Waals surface area contributed by atoms with Gasteiger partial charge < -0.3 is 0 Å². The van der Waals surface area contributed by atoms with Gasteiger partial charge in [-0.25, -0.2) is 21.5 Å². The molecule has 1 heterocycles. The number of hydrogen-bond donors (Lipinski definition) is 2. The molecule has 0 saturated carbocycles. The van der Waals surface area contributed by atoms with Crippen LogP contribution in [-0.4, -0.2) is 26.6 Å². The molecule has 8 nitrogen and oxygen atoms in total. The molecule has 0 amide bonds. The zero-order valence-corrected chi connectivity index (χ0v) is 23.8. The smallest absolute Gasteiger partial charge is 0.263 e. The van der Waals surface area contributed by atoms with Crippen molar-refractivity contribution in [2.75, 3.05) is 9.44 Å². The lowest BCUT2D eigenvalue weighted by Crippen LogP contribution is -2.15. The van der Waals surface area contributed by atoms with E-state index in [2.05, 4.69) is 14.5 Å². The van der Waals surface area contributed by atoms with E-state index in [9.17, 15) is 16.8 Å². The van der Waals surface area contributed by atoms with Crippen molar-refractivity contribution in [2.24, 2.45) is 0 Å². The zero-order chi connectivity index (χ0) is 28.5. The van der Waals surface area contributed by atoms with Crippen LogP contribution in [-0.2, 0) is 20.0 Å². The summed E-state index contributed by atoms with van der Waals surface area (Å²) in [6, 6.07) is 29.2. The van der Waals surface area contributed by atoms with Gasteiger partial charge in [0.2, 0.25) is 0 Å². The fourth-order valence-corrected chi connectivity index (χ4v) is 6.12. The minimum atomic E-state index is -3.88. The summed E-state index contributed by atoms with van der Waals surface area (Å²) in [5.74, 6) is 0.267. The Bertz CT molecular complexity index is 1860. The molecule has 1 aromatic heterocycles. The second kappa shape index (κ2) is 10.6. The number of sulfonamides is 2. The van der Waals surface area contributed by atoms with Gasteiger partial charge in [-0.2, -0.15) is 5.10 Å². The molecule has 0 atom stereocenters. The monoisotopic (exact) mass is 572 g/mol. The average molecular weight is 573 g/mol. The van der Waals surface area contributed by atoms with Crippen molar-refractivity contribution < 1.29 is 16.8 Å². The summed E-state index contributed by atoms with van der Waals surface area (Å²) < 4.78 is 58.7. The maximum Gasteiger partial charge on any atom is 0.263 e.